The second-order valence-corrected chi connectivity index (χ2v) is 4.66. The summed E-state index contributed by atoms with van der Waals surface area (Å²) in [6, 6.07) is 0. The van der Waals surface area contributed by atoms with Crippen molar-refractivity contribution in [2.45, 2.75) is 0 Å². The van der Waals surface area contributed by atoms with Crippen LogP contribution in [0.15, 0.2) is 0 Å². The van der Waals surface area contributed by atoms with Gasteiger partial charge in [-0.15, -0.1) is 11.6 Å². The van der Waals surface area contributed by atoms with Gasteiger partial charge in [0, 0.05) is 34.1 Å². The molecule has 0 atom stereocenters. The van der Waals surface area contributed by atoms with E-state index in [0.29, 0.717) is 24.4 Å². The van der Waals surface area contributed by atoms with Gasteiger partial charge in [0.1, 0.15) is 6.73 Å². The minimum Gasteiger partial charge on any atom is -0.359 e. The van der Waals surface area contributed by atoms with Crippen molar-refractivity contribution in [2.24, 2.45) is 0 Å². The zero-order valence-corrected chi connectivity index (χ0v) is 12.8. The monoisotopic (exact) mass is 299 g/mol. The van der Waals surface area contributed by atoms with E-state index >= 15 is 0 Å². The molecule has 0 fully saturated rings. The van der Waals surface area contributed by atoms with Crippen molar-refractivity contribution in [1.82, 2.24) is 15.0 Å². The van der Waals surface area contributed by atoms with Crippen molar-refractivity contribution >= 4 is 29.4 Å². The number of halogens is 1. The van der Waals surface area contributed by atoms with Crippen molar-refractivity contribution in [3.8, 4) is 6.19 Å². The van der Waals surface area contributed by atoms with Crippen LogP contribution in [0.1, 0.15) is 0 Å². The third-order valence-electron chi connectivity index (χ3n) is 2.20. The van der Waals surface area contributed by atoms with Crippen LogP contribution in [0.4, 0.5) is 17.8 Å². The van der Waals surface area contributed by atoms with Crippen LogP contribution in [-0.4, -0.2) is 62.4 Å². The molecule has 0 N–H and O–H groups in total. The highest BCUT2D eigenvalue weighted by Gasteiger charge is 2.15. The van der Waals surface area contributed by atoms with Gasteiger partial charge < -0.3 is 14.5 Å². The van der Waals surface area contributed by atoms with Crippen LogP contribution < -0.4 is 14.7 Å². The molecule has 0 aliphatic rings. The Labute approximate surface area is 123 Å². The maximum absolute atomic E-state index is 9.17. The molecular formula is C11H18ClN7O. The third-order valence-corrected chi connectivity index (χ3v) is 2.36. The molecule has 8 nitrogen and oxygen atoms in total. The Balaban J connectivity index is 3.04. The minimum atomic E-state index is 0.0486. The van der Waals surface area contributed by atoms with Crippen molar-refractivity contribution in [1.29, 1.82) is 5.26 Å². The van der Waals surface area contributed by atoms with E-state index in [-0.39, 0.29) is 12.7 Å². The molecule has 1 rings (SSSR count). The zero-order valence-electron chi connectivity index (χ0n) is 12.0. The van der Waals surface area contributed by atoms with Crippen LogP contribution >= 0.6 is 11.6 Å². The van der Waals surface area contributed by atoms with Gasteiger partial charge in [-0.2, -0.15) is 20.2 Å². The molecule has 0 radical (unpaired) electrons. The fraction of sp³-hybridized carbons (Fsp3) is 0.636. The van der Waals surface area contributed by atoms with Gasteiger partial charge in [0.05, 0.1) is 6.61 Å². The predicted octanol–water partition coefficient (Wildman–Crippen LogP) is 0.504. The first-order chi connectivity index (χ1) is 9.49. The molecular weight excluding hydrogens is 282 g/mol. The first-order valence-corrected chi connectivity index (χ1v) is 6.44. The van der Waals surface area contributed by atoms with Crippen molar-refractivity contribution in [3.05, 3.63) is 0 Å². The highest BCUT2D eigenvalue weighted by atomic mass is 35.5. The average Bonchev–Trinajstić information content (AvgIpc) is 2.43. The molecule has 110 valence electrons. The van der Waals surface area contributed by atoms with E-state index in [1.165, 1.54) is 4.90 Å². The minimum absolute atomic E-state index is 0.0486. The second-order valence-electron chi connectivity index (χ2n) is 4.28. The maximum atomic E-state index is 9.17. The van der Waals surface area contributed by atoms with E-state index in [4.69, 9.17) is 16.3 Å². The normalized spacial score (nSPS) is 10.0. The quantitative estimate of drug-likeness (QED) is 0.237. The number of nitrogens with zero attached hydrogens (tertiary/aromatic N) is 7. The van der Waals surface area contributed by atoms with E-state index in [9.17, 15) is 5.26 Å². The average molecular weight is 300 g/mol. The third kappa shape index (κ3) is 4.36. The summed E-state index contributed by atoms with van der Waals surface area (Å²) < 4.78 is 5.23. The summed E-state index contributed by atoms with van der Waals surface area (Å²) in [7, 11) is 7.27. The van der Waals surface area contributed by atoms with Gasteiger partial charge in [-0.3, -0.25) is 0 Å². The van der Waals surface area contributed by atoms with Gasteiger partial charge >= 0.3 is 0 Å². The molecule has 0 unspecified atom stereocenters. The highest BCUT2D eigenvalue weighted by molar-refractivity contribution is 6.17. The molecule has 0 aliphatic heterocycles. The number of hydrogen-bond donors (Lipinski definition) is 0. The molecule has 20 heavy (non-hydrogen) atoms. The smallest absolute Gasteiger partial charge is 0.247 e. The SMILES string of the molecule is CN(C)c1nc(N(C)C)nc(N(C#N)COCCCl)n1. The Hall–Kier alpha value is -1.85. The van der Waals surface area contributed by atoms with E-state index < -0.39 is 0 Å². The summed E-state index contributed by atoms with van der Waals surface area (Å²) in [5.74, 6) is 1.54. The predicted molar refractivity (Wildman–Crippen MR) is 78.1 cm³/mol. The van der Waals surface area contributed by atoms with Gasteiger partial charge in [-0.25, -0.2) is 4.90 Å². The van der Waals surface area contributed by atoms with Gasteiger partial charge in [0.25, 0.3) is 0 Å². The summed E-state index contributed by atoms with van der Waals surface area (Å²) in [4.78, 5) is 17.5. The van der Waals surface area contributed by atoms with E-state index in [1.54, 1.807) is 9.80 Å². The van der Waals surface area contributed by atoms with Gasteiger partial charge in [-0.05, 0) is 0 Å². The summed E-state index contributed by atoms with van der Waals surface area (Å²) in [6.45, 7) is 0.402. The van der Waals surface area contributed by atoms with Crippen LogP contribution in [0.25, 0.3) is 0 Å². The molecule has 0 saturated heterocycles. The first kappa shape index (κ1) is 16.2. The van der Waals surface area contributed by atoms with Crippen LogP contribution in [0.3, 0.4) is 0 Å². The fourth-order valence-corrected chi connectivity index (χ4v) is 1.31. The highest BCUT2D eigenvalue weighted by Crippen LogP contribution is 2.16. The number of rotatable bonds is 7. The molecule has 0 bridgehead atoms. The Bertz CT molecular complexity index is 448. The van der Waals surface area contributed by atoms with Crippen molar-refractivity contribution < 1.29 is 4.74 Å². The van der Waals surface area contributed by atoms with E-state index in [2.05, 4.69) is 15.0 Å². The Kier molecular flexibility index (Phi) is 6.21. The lowest BCUT2D eigenvalue weighted by molar-refractivity contribution is 0.155. The number of hydrogen-bond acceptors (Lipinski definition) is 8. The first-order valence-electron chi connectivity index (χ1n) is 5.91. The topological polar surface area (TPSA) is 81.4 Å². The number of anilines is 3. The standard InChI is InChI=1S/C11H18ClN7O/c1-17(2)9-14-10(18(3)4)16-11(15-9)19(7-13)8-20-6-5-12/h5-6,8H2,1-4H3. The molecule has 0 aliphatic carbocycles. The lowest BCUT2D eigenvalue weighted by Crippen LogP contribution is -2.26. The summed E-state index contributed by atoms with van der Waals surface area (Å²) >= 11 is 5.53. The Morgan fingerprint density at radius 2 is 1.55 bits per heavy atom. The summed E-state index contributed by atoms with van der Waals surface area (Å²) in [6.07, 6.45) is 1.98. The molecule has 0 aromatic carbocycles. The van der Waals surface area contributed by atoms with Crippen molar-refractivity contribution in [2.75, 3.05) is 62.1 Å². The van der Waals surface area contributed by atoms with Crippen molar-refractivity contribution in [3.63, 3.8) is 0 Å². The van der Waals surface area contributed by atoms with Gasteiger partial charge in [-0.1, -0.05) is 0 Å². The molecule has 9 heteroatoms. The molecule has 1 heterocycles. The summed E-state index contributed by atoms with van der Waals surface area (Å²) in [5.41, 5.74) is 0. The molecule has 1 aromatic rings. The van der Waals surface area contributed by atoms with E-state index in [1.807, 2.05) is 34.4 Å². The molecule has 1 aromatic heterocycles. The number of aromatic nitrogens is 3. The van der Waals surface area contributed by atoms with Crippen LogP contribution in [0.2, 0.25) is 0 Å². The van der Waals surface area contributed by atoms with Crippen LogP contribution in [0, 0.1) is 11.5 Å². The lowest BCUT2D eigenvalue weighted by Gasteiger charge is -2.19. The number of alkyl halides is 1. The number of nitriles is 1. The molecule has 0 amide bonds. The second kappa shape index (κ2) is 7.67. The van der Waals surface area contributed by atoms with Crippen LogP contribution in [0.5, 0.6) is 0 Å². The Morgan fingerprint density at radius 1 is 1.05 bits per heavy atom. The van der Waals surface area contributed by atoms with Crippen LogP contribution in [-0.2, 0) is 4.74 Å². The molecule has 0 spiro atoms. The number of ether oxygens (including phenoxy) is 1. The lowest BCUT2D eigenvalue weighted by atomic mass is 10.7. The fourth-order valence-electron chi connectivity index (χ4n) is 1.21. The largest absolute Gasteiger partial charge is 0.359 e. The Morgan fingerprint density at radius 3 is 1.95 bits per heavy atom. The van der Waals surface area contributed by atoms with Gasteiger partial charge in [0.2, 0.25) is 17.8 Å². The summed E-state index contributed by atoms with van der Waals surface area (Å²) in [5, 5.41) is 9.17. The maximum Gasteiger partial charge on any atom is 0.247 e. The molecule has 0 saturated carbocycles. The van der Waals surface area contributed by atoms with Gasteiger partial charge in [0.15, 0.2) is 6.19 Å². The van der Waals surface area contributed by atoms with E-state index in [0.717, 1.165) is 0 Å². The zero-order chi connectivity index (χ0) is 15.1.